The second kappa shape index (κ2) is 7.11. The summed E-state index contributed by atoms with van der Waals surface area (Å²) in [6, 6.07) is 8.85. The van der Waals surface area contributed by atoms with Crippen molar-refractivity contribution in [2.75, 3.05) is 64.5 Å². The Morgan fingerprint density at radius 3 is 2.57 bits per heavy atom. The maximum absolute atomic E-state index is 5.52. The van der Waals surface area contributed by atoms with E-state index < -0.39 is 0 Å². The number of nitrogens with one attached hydrogen (secondary N) is 1. The van der Waals surface area contributed by atoms with Gasteiger partial charge in [-0.15, -0.1) is 0 Å². The normalized spacial score (nSPS) is 24.0. The van der Waals surface area contributed by atoms with Crippen molar-refractivity contribution in [1.82, 2.24) is 10.2 Å². The zero-order valence-corrected chi connectivity index (χ0v) is 12.8. The van der Waals surface area contributed by atoms with Crippen molar-refractivity contribution < 1.29 is 9.47 Å². The molecule has 2 saturated heterocycles. The molecule has 2 heterocycles. The highest BCUT2D eigenvalue weighted by atomic mass is 16.5. The first-order valence-electron chi connectivity index (χ1n) is 7.77. The number of hydrogen-bond acceptors (Lipinski definition) is 5. The fourth-order valence-corrected chi connectivity index (χ4v) is 3.03. The van der Waals surface area contributed by atoms with Crippen molar-refractivity contribution in [1.29, 1.82) is 0 Å². The Hall–Kier alpha value is -1.30. The molecule has 0 amide bonds. The number of nitrogens with zero attached hydrogens (tertiary/aromatic N) is 2. The first-order chi connectivity index (χ1) is 10.3. The maximum atomic E-state index is 5.52. The fraction of sp³-hybridized carbons (Fsp3) is 0.625. The summed E-state index contributed by atoms with van der Waals surface area (Å²) in [5, 5.41) is 3.53. The molecule has 5 nitrogen and oxygen atoms in total. The van der Waals surface area contributed by atoms with E-state index in [0.717, 1.165) is 58.2 Å². The standard InChI is InChI=1S/C16H25N3O2/c1-20-16-4-2-15(3-5-16)19-9-7-18(8-10-19)12-14-13-21-11-6-17-14/h2-5,14,17H,6-13H2,1H3. The van der Waals surface area contributed by atoms with Crippen LogP contribution in [0.1, 0.15) is 0 Å². The van der Waals surface area contributed by atoms with Gasteiger partial charge >= 0.3 is 0 Å². The Morgan fingerprint density at radius 1 is 1.19 bits per heavy atom. The Kier molecular flexibility index (Phi) is 4.95. The lowest BCUT2D eigenvalue weighted by Gasteiger charge is -2.38. The number of morpholine rings is 1. The smallest absolute Gasteiger partial charge is 0.119 e. The van der Waals surface area contributed by atoms with Crippen LogP contribution in [0.3, 0.4) is 0 Å². The van der Waals surface area contributed by atoms with Gasteiger partial charge in [0.25, 0.3) is 0 Å². The minimum Gasteiger partial charge on any atom is -0.497 e. The van der Waals surface area contributed by atoms with Crippen LogP contribution in [-0.2, 0) is 4.74 Å². The molecule has 0 bridgehead atoms. The number of benzene rings is 1. The van der Waals surface area contributed by atoms with E-state index in [1.165, 1.54) is 5.69 Å². The van der Waals surface area contributed by atoms with Gasteiger partial charge in [-0.05, 0) is 24.3 Å². The van der Waals surface area contributed by atoms with Gasteiger partial charge in [0.1, 0.15) is 5.75 Å². The molecule has 2 fully saturated rings. The average molecular weight is 291 g/mol. The van der Waals surface area contributed by atoms with Gasteiger partial charge in [0.2, 0.25) is 0 Å². The summed E-state index contributed by atoms with van der Waals surface area (Å²) >= 11 is 0. The van der Waals surface area contributed by atoms with Gasteiger partial charge in [0.15, 0.2) is 0 Å². The molecule has 116 valence electrons. The van der Waals surface area contributed by atoms with Crippen molar-refractivity contribution in [3.63, 3.8) is 0 Å². The Morgan fingerprint density at radius 2 is 1.95 bits per heavy atom. The minimum atomic E-state index is 0.492. The molecule has 1 aromatic carbocycles. The zero-order valence-electron chi connectivity index (χ0n) is 12.8. The van der Waals surface area contributed by atoms with Gasteiger partial charge < -0.3 is 19.7 Å². The second-order valence-electron chi connectivity index (χ2n) is 5.71. The first kappa shape index (κ1) is 14.6. The third-order valence-corrected chi connectivity index (χ3v) is 4.29. The lowest BCUT2D eigenvalue weighted by molar-refractivity contribution is 0.0610. The molecule has 0 aliphatic carbocycles. The van der Waals surface area contributed by atoms with Crippen LogP contribution < -0.4 is 15.0 Å². The fourth-order valence-electron chi connectivity index (χ4n) is 3.03. The monoisotopic (exact) mass is 291 g/mol. The summed E-state index contributed by atoms with van der Waals surface area (Å²) < 4.78 is 10.7. The van der Waals surface area contributed by atoms with Crippen LogP contribution in [0.2, 0.25) is 0 Å². The van der Waals surface area contributed by atoms with Gasteiger partial charge in [-0.2, -0.15) is 0 Å². The van der Waals surface area contributed by atoms with Crippen LogP contribution in [0.4, 0.5) is 5.69 Å². The van der Waals surface area contributed by atoms with E-state index in [-0.39, 0.29) is 0 Å². The highest BCUT2D eigenvalue weighted by Crippen LogP contribution is 2.20. The number of anilines is 1. The molecule has 1 aromatic rings. The van der Waals surface area contributed by atoms with Crippen LogP contribution >= 0.6 is 0 Å². The van der Waals surface area contributed by atoms with Crippen molar-refractivity contribution in [3.8, 4) is 5.75 Å². The summed E-state index contributed by atoms with van der Waals surface area (Å²) in [6.07, 6.45) is 0. The van der Waals surface area contributed by atoms with E-state index in [2.05, 4.69) is 27.2 Å². The molecule has 21 heavy (non-hydrogen) atoms. The highest BCUT2D eigenvalue weighted by molar-refractivity contribution is 5.49. The van der Waals surface area contributed by atoms with Crippen LogP contribution in [0.15, 0.2) is 24.3 Å². The third kappa shape index (κ3) is 3.87. The van der Waals surface area contributed by atoms with Crippen molar-refractivity contribution in [2.24, 2.45) is 0 Å². The number of hydrogen-bond donors (Lipinski definition) is 1. The van der Waals surface area contributed by atoms with Crippen LogP contribution in [-0.4, -0.2) is 70.5 Å². The topological polar surface area (TPSA) is 37.0 Å². The summed E-state index contributed by atoms with van der Waals surface area (Å²) in [5.74, 6) is 0.917. The van der Waals surface area contributed by atoms with Crippen LogP contribution in [0.5, 0.6) is 5.75 Å². The van der Waals surface area contributed by atoms with Crippen molar-refractivity contribution in [2.45, 2.75) is 6.04 Å². The zero-order chi connectivity index (χ0) is 14.5. The molecule has 0 saturated carbocycles. The van der Waals surface area contributed by atoms with E-state index >= 15 is 0 Å². The summed E-state index contributed by atoms with van der Waals surface area (Å²) in [7, 11) is 1.71. The molecular formula is C16H25N3O2. The van der Waals surface area contributed by atoms with E-state index in [1.54, 1.807) is 7.11 Å². The SMILES string of the molecule is COc1ccc(N2CCN(CC3COCCN3)CC2)cc1. The molecule has 1 atom stereocenters. The average Bonchev–Trinajstić information content (AvgIpc) is 2.57. The van der Waals surface area contributed by atoms with Gasteiger partial charge in [0.05, 0.1) is 20.3 Å². The van der Waals surface area contributed by atoms with Crippen molar-refractivity contribution >= 4 is 5.69 Å². The third-order valence-electron chi connectivity index (χ3n) is 4.29. The quantitative estimate of drug-likeness (QED) is 0.888. The van der Waals surface area contributed by atoms with Crippen LogP contribution in [0, 0.1) is 0 Å². The molecule has 2 aliphatic rings. The first-order valence-corrected chi connectivity index (χ1v) is 7.77. The highest BCUT2D eigenvalue weighted by Gasteiger charge is 2.21. The maximum Gasteiger partial charge on any atom is 0.119 e. The van der Waals surface area contributed by atoms with Gasteiger partial charge in [-0.3, -0.25) is 4.90 Å². The molecular weight excluding hydrogens is 266 g/mol. The molecule has 0 aromatic heterocycles. The molecule has 1 unspecified atom stereocenters. The predicted molar refractivity (Wildman–Crippen MR) is 84.3 cm³/mol. The lowest BCUT2D eigenvalue weighted by Crippen LogP contribution is -2.53. The summed E-state index contributed by atoms with van der Waals surface area (Å²) in [5.41, 5.74) is 1.29. The predicted octanol–water partition coefficient (Wildman–Crippen LogP) is 0.806. The number of rotatable bonds is 4. The number of ether oxygens (including phenoxy) is 2. The van der Waals surface area contributed by atoms with E-state index in [1.807, 2.05) is 12.1 Å². The largest absolute Gasteiger partial charge is 0.497 e. The molecule has 5 heteroatoms. The summed E-state index contributed by atoms with van der Waals surface area (Å²) in [4.78, 5) is 4.98. The molecule has 0 radical (unpaired) electrons. The van der Waals surface area contributed by atoms with E-state index in [4.69, 9.17) is 9.47 Å². The molecule has 3 rings (SSSR count). The van der Waals surface area contributed by atoms with Crippen molar-refractivity contribution in [3.05, 3.63) is 24.3 Å². The summed E-state index contributed by atoms with van der Waals surface area (Å²) in [6.45, 7) is 8.17. The van der Waals surface area contributed by atoms with E-state index in [0.29, 0.717) is 6.04 Å². The Balaban J connectivity index is 1.47. The molecule has 0 spiro atoms. The van der Waals surface area contributed by atoms with Gasteiger partial charge in [0, 0.05) is 51.0 Å². The Bertz CT molecular complexity index is 424. The van der Waals surface area contributed by atoms with Gasteiger partial charge in [-0.1, -0.05) is 0 Å². The van der Waals surface area contributed by atoms with Gasteiger partial charge in [-0.25, -0.2) is 0 Å². The lowest BCUT2D eigenvalue weighted by atomic mass is 10.2. The molecule has 1 N–H and O–H groups in total. The van der Waals surface area contributed by atoms with Crippen LogP contribution in [0.25, 0.3) is 0 Å². The minimum absolute atomic E-state index is 0.492. The molecule has 2 aliphatic heterocycles. The van der Waals surface area contributed by atoms with E-state index in [9.17, 15) is 0 Å². The number of methoxy groups -OCH3 is 1. The second-order valence-corrected chi connectivity index (χ2v) is 5.71. The Labute approximate surface area is 126 Å². The number of piperazine rings is 1.